The van der Waals surface area contributed by atoms with Crippen molar-refractivity contribution in [3.8, 4) is 0 Å². The van der Waals surface area contributed by atoms with E-state index in [9.17, 15) is 8.42 Å². The van der Waals surface area contributed by atoms with E-state index in [0.717, 1.165) is 0 Å². The number of halogens is 1. The maximum absolute atomic E-state index is 11.2. The van der Waals surface area contributed by atoms with E-state index < -0.39 is 10.1 Å². The largest absolute Gasteiger partial charge is 0.328 e. The maximum atomic E-state index is 11.2. The molecule has 1 aromatic heterocycles. The zero-order chi connectivity index (χ0) is 12.6. The fourth-order valence-corrected chi connectivity index (χ4v) is 2.69. The molecule has 0 bridgehead atoms. The lowest BCUT2D eigenvalue weighted by Crippen LogP contribution is -2.09. The normalized spacial score (nSPS) is 12.2. The second-order valence-electron chi connectivity index (χ2n) is 3.63. The first kappa shape index (κ1) is 12.3. The van der Waals surface area contributed by atoms with Crippen LogP contribution in [-0.4, -0.2) is 22.5 Å². The molecule has 1 aromatic carbocycles. The number of aromatic nitrogens is 2. The molecule has 0 aliphatic rings. The number of aryl methyl sites for hydroxylation is 1. The molecule has 0 unspecified atom stereocenters. The van der Waals surface area contributed by atoms with Crippen molar-refractivity contribution in [2.24, 2.45) is 0 Å². The molecular weight excluding hydrogens is 264 g/mol. The van der Waals surface area contributed by atoms with Gasteiger partial charge in [-0.15, -0.1) is 0 Å². The van der Waals surface area contributed by atoms with Gasteiger partial charge < -0.3 is 4.57 Å². The fourth-order valence-electron chi connectivity index (χ4n) is 1.75. The molecule has 0 radical (unpaired) electrons. The van der Waals surface area contributed by atoms with E-state index in [1.807, 2.05) is 6.92 Å². The SMILES string of the molecule is CCCn1c(S(=O)(=O)O)nc2cccc(Cl)c21. The van der Waals surface area contributed by atoms with Crippen LogP contribution in [0.5, 0.6) is 0 Å². The molecular formula is C10H11ClN2O3S. The molecule has 0 fully saturated rings. The zero-order valence-electron chi connectivity index (χ0n) is 9.09. The molecule has 1 heterocycles. The Hall–Kier alpha value is -1.11. The highest BCUT2D eigenvalue weighted by atomic mass is 35.5. The summed E-state index contributed by atoms with van der Waals surface area (Å²) in [5, 5.41) is 0.0563. The van der Waals surface area contributed by atoms with Gasteiger partial charge in [0.15, 0.2) is 0 Å². The van der Waals surface area contributed by atoms with Gasteiger partial charge in [-0.2, -0.15) is 8.42 Å². The standard InChI is InChI=1S/C10H11ClN2O3S/c1-2-6-13-9-7(11)4-3-5-8(9)12-10(13)17(14,15)16/h3-5H,2,6H2,1H3,(H,14,15,16). The van der Waals surface area contributed by atoms with Gasteiger partial charge in [0, 0.05) is 6.54 Å². The molecule has 2 rings (SSSR count). The van der Waals surface area contributed by atoms with Gasteiger partial charge in [0.25, 0.3) is 5.16 Å². The second-order valence-corrected chi connectivity index (χ2v) is 5.35. The van der Waals surface area contributed by atoms with Crippen molar-refractivity contribution in [3.05, 3.63) is 23.2 Å². The number of para-hydroxylation sites is 1. The summed E-state index contributed by atoms with van der Waals surface area (Å²) in [5.74, 6) is 0. The van der Waals surface area contributed by atoms with E-state index in [2.05, 4.69) is 4.98 Å². The van der Waals surface area contributed by atoms with Crippen molar-refractivity contribution in [3.63, 3.8) is 0 Å². The van der Waals surface area contributed by atoms with Crippen LogP contribution in [0.2, 0.25) is 5.02 Å². The summed E-state index contributed by atoms with van der Waals surface area (Å²) in [6, 6.07) is 5.00. The van der Waals surface area contributed by atoms with E-state index in [4.69, 9.17) is 16.2 Å². The van der Waals surface area contributed by atoms with Crippen LogP contribution in [0.1, 0.15) is 13.3 Å². The average molecular weight is 275 g/mol. The molecule has 1 N–H and O–H groups in total. The molecule has 0 spiro atoms. The number of benzene rings is 1. The molecule has 0 atom stereocenters. The van der Waals surface area contributed by atoms with Crippen LogP contribution in [-0.2, 0) is 16.7 Å². The van der Waals surface area contributed by atoms with Crippen molar-refractivity contribution in [2.75, 3.05) is 0 Å². The Balaban J connectivity index is 2.86. The molecule has 5 nitrogen and oxygen atoms in total. The highest BCUT2D eigenvalue weighted by molar-refractivity contribution is 7.85. The van der Waals surface area contributed by atoms with Crippen LogP contribution in [0, 0.1) is 0 Å². The van der Waals surface area contributed by atoms with Crippen molar-refractivity contribution >= 4 is 32.8 Å². The monoisotopic (exact) mass is 274 g/mol. The second kappa shape index (κ2) is 4.29. The van der Waals surface area contributed by atoms with Crippen LogP contribution in [0.15, 0.2) is 23.4 Å². The third-order valence-electron chi connectivity index (χ3n) is 2.36. The van der Waals surface area contributed by atoms with E-state index >= 15 is 0 Å². The number of rotatable bonds is 3. The molecule has 0 saturated heterocycles. The Bertz CT molecular complexity index is 663. The summed E-state index contributed by atoms with van der Waals surface area (Å²) in [5.41, 5.74) is 0.988. The number of hydrogen-bond donors (Lipinski definition) is 1. The molecule has 0 amide bonds. The van der Waals surface area contributed by atoms with Gasteiger partial charge in [0.05, 0.1) is 16.1 Å². The van der Waals surface area contributed by atoms with E-state index in [1.54, 1.807) is 18.2 Å². The van der Waals surface area contributed by atoms with Crippen LogP contribution >= 0.6 is 11.6 Å². The van der Waals surface area contributed by atoms with Crippen molar-refractivity contribution in [1.82, 2.24) is 9.55 Å². The average Bonchev–Trinajstić information content (AvgIpc) is 2.59. The minimum absolute atomic E-state index is 0.359. The first-order valence-electron chi connectivity index (χ1n) is 5.07. The summed E-state index contributed by atoms with van der Waals surface area (Å²) >= 11 is 6.02. The Morgan fingerprint density at radius 1 is 1.47 bits per heavy atom. The van der Waals surface area contributed by atoms with Gasteiger partial charge in [-0.3, -0.25) is 4.55 Å². The van der Waals surface area contributed by atoms with Crippen LogP contribution in [0.3, 0.4) is 0 Å². The summed E-state index contributed by atoms with van der Waals surface area (Å²) in [6.45, 7) is 2.33. The Kier molecular flexibility index (Phi) is 3.11. The Morgan fingerprint density at radius 3 is 2.76 bits per heavy atom. The summed E-state index contributed by atoms with van der Waals surface area (Å²) < 4.78 is 33.0. The van der Waals surface area contributed by atoms with Crippen molar-refractivity contribution < 1.29 is 13.0 Å². The van der Waals surface area contributed by atoms with E-state index in [1.165, 1.54) is 4.57 Å². The summed E-state index contributed by atoms with van der Waals surface area (Å²) in [6.07, 6.45) is 0.708. The van der Waals surface area contributed by atoms with Gasteiger partial charge in [0.1, 0.15) is 0 Å². The summed E-state index contributed by atoms with van der Waals surface area (Å²) in [7, 11) is -4.34. The first-order valence-corrected chi connectivity index (χ1v) is 6.89. The third-order valence-corrected chi connectivity index (χ3v) is 3.44. The van der Waals surface area contributed by atoms with Gasteiger partial charge in [-0.05, 0) is 18.6 Å². The van der Waals surface area contributed by atoms with E-state index in [-0.39, 0.29) is 5.16 Å². The topological polar surface area (TPSA) is 72.2 Å². The van der Waals surface area contributed by atoms with Crippen LogP contribution in [0.25, 0.3) is 11.0 Å². The quantitative estimate of drug-likeness (QED) is 0.872. The number of imidazole rings is 1. The third kappa shape index (κ3) is 2.15. The zero-order valence-corrected chi connectivity index (χ0v) is 10.7. The fraction of sp³-hybridized carbons (Fsp3) is 0.300. The van der Waals surface area contributed by atoms with Crippen LogP contribution < -0.4 is 0 Å². The van der Waals surface area contributed by atoms with Gasteiger partial charge >= 0.3 is 10.1 Å². The highest BCUT2D eigenvalue weighted by Crippen LogP contribution is 2.26. The molecule has 17 heavy (non-hydrogen) atoms. The Morgan fingerprint density at radius 2 is 2.18 bits per heavy atom. The Labute approximate surface area is 104 Å². The van der Waals surface area contributed by atoms with Crippen molar-refractivity contribution in [2.45, 2.75) is 25.0 Å². The molecule has 0 aliphatic carbocycles. The lowest BCUT2D eigenvalue weighted by molar-refractivity contribution is 0.463. The summed E-state index contributed by atoms with van der Waals surface area (Å²) in [4.78, 5) is 3.90. The maximum Gasteiger partial charge on any atom is 0.328 e. The predicted molar refractivity (Wildman–Crippen MR) is 64.8 cm³/mol. The van der Waals surface area contributed by atoms with Crippen molar-refractivity contribution in [1.29, 1.82) is 0 Å². The minimum atomic E-state index is -4.34. The first-order chi connectivity index (χ1) is 7.95. The van der Waals surface area contributed by atoms with E-state index in [0.29, 0.717) is 29.0 Å². The lowest BCUT2D eigenvalue weighted by atomic mass is 10.3. The number of nitrogens with zero attached hydrogens (tertiary/aromatic N) is 2. The van der Waals surface area contributed by atoms with Crippen LogP contribution in [0.4, 0.5) is 0 Å². The molecule has 0 aliphatic heterocycles. The molecule has 7 heteroatoms. The predicted octanol–water partition coefficient (Wildman–Crippen LogP) is 2.35. The number of fused-ring (bicyclic) bond motifs is 1. The minimum Gasteiger partial charge on any atom is -0.312 e. The van der Waals surface area contributed by atoms with Gasteiger partial charge in [-0.1, -0.05) is 24.6 Å². The molecule has 0 saturated carbocycles. The smallest absolute Gasteiger partial charge is 0.312 e. The van der Waals surface area contributed by atoms with Gasteiger partial charge in [0.2, 0.25) is 0 Å². The molecule has 92 valence electrons. The van der Waals surface area contributed by atoms with Gasteiger partial charge in [-0.25, -0.2) is 4.98 Å². The number of hydrogen-bond acceptors (Lipinski definition) is 3. The highest BCUT2D eigenvalue weighted by Gasteiger charge is 2.21. The lowest BCUT2D eigenvalue weighted by Gasteiger charge is -2.05. The molecule has 2 aromatic rings.